The number of nitrogens with one attached hydrogen (secondary N) is 2. The molecule has 66 valence electrons. The van der Waals surface area contributed by atoms with E-state index >= 15 is 0 Å². The monoisotopic (exact) mass is 184 g/mol. The van der Waals surface area contributed by atoms with Crippen molar-refractivity contribution in [2.75, 3.05) is 13.6 Å². The molecule has 1 heterocycles. The van der Waals surface area contributed by atoms with Crippen molar-refractivity contribution in [3.8, 4) is 0 Å². The summed E-state index contributed by atoms with van der Waals surface area (Å²) < 4.78 is 0. The van der Waals surface area contributed by atoms with Gasteiger partial charge in [0.1, 0.15) is 0 Å². The van der Waals surface area contributed by atoms with Crippen LogP contribution in [0.1, 0.15) is 4.88 Å². The third kappa shape index (κ3) is 3.02. The van der Waals surface area contributed by atoms with E-state index in [0.717, 1.165) is 6.54 Å². The smallest absolute Gasteiger partial charge is 0.233 e. The minimum absolute atomic E-state index is 0.0200. The van der Waals surface area contributed by atoms with E-state index < -0.39 is 0 Å². The van der Waals surface area contributed by atoms with Crippen molar-refractivity contribution in [2.45, 2.75) is 6.54 Å². The molecule has 1 aromatic heterocycles. The van der Waals surface area contributed by atoms with E-state index in [4.69, 9.17) is 0 Å². The maximum atomic E-state index is 10.8. The van der Waals surface area contributed by atoms with E-state index in [1.54, 1.807) is 18.4 Å². The van der Waals surface area contributed by atoms with Crippen molar-refractivity contribution in [1.82, 2.24) is 10.6 Å². The van der Waals surface area contributed by atoms with Crippen molar-refractivity contribution in [1.29, 1.82) is 0 Å². The van der Waals surface area contributed by atoms with Crippen LogP contribution in [-0.2, 0) is 11.3 Å². The van der Waals surface area contributed by atoms with Crippen LogP contribution in [0.15, 0.2) is 17.5 Å². The Hall–Kier alpha value is -0.870. The average molecular weight is 184 g/mol. The Bertz CT molecular complexity index is 233. The maximum Gasteiger partial charge on any atom is 0.233 e. The number of likely N-dealkylation sites (N-methyl/N-ethyl adjacent to an activating group) is 1. The first kappa shape index (κ1) is 9.22. The Balaban J connectivity index is 2.15. The molecule has 3 nitrogen and oxygen atoms in total. The third-order valence-corrected chi connectivity index (χ3v) is 2.32. The second-order valence-electron chi connectivity index (χ2n) is 2.36. The third-order valence-electron chi connectivity index (χ3n) is 1.44. The molecule has 0 saturated heterocycles. The molecule has 2 N–H and O–H groups in total. The van der Waals surface area contributed by atoms with Gasteiger partial charge in [0, 0.05) is 18.5 Å². The number of hydrogen-bond acceptors (Lipinski definition) is 3. The first-order chi connectivity index (χ1) is 5.83. The summed E-state index contributed by atoms with van der Waals surface area (Å²) >= 11 is 1.69. The van der Waals surface area contributed by atoms with Crippen molar-refractivity contribution in [3.63, 3.8) is 0 Å². The van der Waals surface area contributed by atoms with Gasteiger partial charge in [-0.3, -0.25) is 4.79 Å². The molecule has 0 fully saturated rings. The fourth-order valence-corrected chi connectivity index (χ4v) is 1.48. The highest BCUT2D eigenvalue weighted by Crippen LogP contribution is 2.06. The molecule has 1 amide bonds. The summed E-state index contributed by atoms with van der Waals surface area (Å²) in [4.78, 5) is 12.0. The molecule has 1 rings (SSSR count). The summed E-state index contributed by atoms with van der Waals surface area (Å²) in [6.45, 7) is 1.15. The molecule has 0 aromatic carbocycles. The van der Waals surface area contributed by atoms with Crippen LogP contribution in [0.5, 0.6) is 0 Å². The van der Waals surface area contributed by atoms with E-state index in [0.29, 0.717) is 6.54 Å². The van der Waals surface area contributed by atoms with Gasteiger partial charge in [0.05, 0.1) is 6.54 Å². The number of carbonyl (C=O) groups is 1. The molecule has 0 saturated carbocycles. The highest BCUT2D eigenvalue weighted by molar-refractivity contribution is 7.09. The van der Waals surface area contributed by atoms with Crippen molar-refractivity contribution in [3.05, 3.63) is 22.4 Å². The molecule has 0 radical (unpaired) electrons. The molecule has 4 heteroatoms. The number of hydrogen-bond donors (Lipinski definition) is 2. The molecule has 0 aliphatic rings. The standard InChI is InChI=1S/C8H12N2OS/c1-9-8(11)6-10-5-7-3-2-4-12-7/h2-4,10H,5-6H2,1H3,(H,9,11). The molecular formula is C8H12N2OS. The van der Waals surface area contributed by atoms with Crippen LogP contribution in [0, 0.1) is 0 Å². The van der Waals surface area contributed by atoms with Gasteiger partial charge in [0.2, 0.25) is 5.91 Å². The summed E-state index contributed by atoms with van der Waals surface area (Å²) in [5.41, 5.74) is 0. The summed E-state index contributed by atoms with van der Waals surface area (Å²) in [5, 5.41) is 7.61. The zero-order valence-corrected chi connectivity index (χ0v) is 7.78. The minimum atomic E-state index is 0.0200. The van der Waals surface area contributed by atoms with E-state index in [9.17, 15) is 4.79 Å². The highest BCUT2D eigenvalue weighted by Gasteiger charge is 1.96. The first-order valence-corrected chi connectivity index (χ1v) is 4.64. The van der Waals surface area contributed by atoms with Crippen LogP contribution < -0.4 is 10.6 Å². The molecule has 0 spiro atoms. The second kappa shape index (κ2) is 4.90. The first-order valence-electron chi connectivity index (χ1n) is 3.76. The summed E-state index contributed by atoms with van der Waals surface area (Å²) in [6, 6.07) is 4.04. The van der Waals surface area contributed by atoms with Crippen LogP contribution >= 0.6 is 11.3 Å². The molecule has 12 heavy (non-hydrogen) atoms. The fourth-order valence-electron chi connectivity index (χ4n) is 0.801. The van der Waals surface area contributed by atoms with E-state index in [1.165, 1.54) is 4.88 Å². The van der Waals surface area contributed by atoms with Crippen LogP contribution in [0.2, 0.25) is 0 Å². The Morgan fingerprint density at radius 2 is 2.50 bits per heavy atom. The van der Waals surface area contributed by atoms with E-state index in [-0.39, 0.29) is 5.91 Å². The van der Waals surface area contributed by atoms with Gasteiger partial charge < -0.3 is 10.6 Å². The fraction of sp³-hybridized carbons (Fsp3) is 0.375. The summed E-state index contributed by atoms with van der Waals surface area (Å²) in [7, 11) is 1.63. The largest absolute Gasteiger partial charge is 0.358 e. The quantitative estimate of drug-likeness (QED) is 0.719. The average Bonchev–Trinajstić information content (AvgIpc) is 2.57. The minimum Gasteiger partial charge on any atom is -0.358 e. The van der Waals surface area contributed by atoms with Gasteiger partial charge in [-0.1, -0.05) is 6.07 Å². The van der Waals surface area contributed by atoms with Crippen LogP contribution in [-0.4, -0.2) is 19.5 Å². The summed E-state index contributed by atoms with van der Waals surface area (Å²) in [5.74, 6) is 0.0200. The van der Waals surface area contributed by atoms with Gasteiger partial charge in [-0.25, -0.2) is 0 Å². The molecule has 0 aliphatic heterocycles. The van der Waals surface area contributed by atoms with E-state index in [1.807, 2.05) is 17.5 Å². The SMILES string of the molecule is CNC(=O)CNCc1cccs1. The number of amides is 1. The van der Waals surface area contributed by atoms with Crippen molar-refractivity contribution >= 4 is 17.2 Å². The number of carbonyl (C=O) groups excluding carboxylic acids is 1. The van der Waals surface area contributed by atoms with Crippen molar-refractivity contribution < 1.29 is 4.79 Å². The van der Waals surface area contributed by atoms with Gasteiger partial charge in [-0.2, -0.15) is 0 Å². The Morgan fingerprint density at radius 1 is 1.67 bits per heavy atom. The second-order valence-corrected chi connectivity index (χ2v) is 3.39. The highest BCUT2D eigenvalue weighted by atomic mass is 32.1. The maximum absolute atomic E-state index is 10.8. The normalized spacial score (nSPS) is 9.75. The summed E-state index contributed by atoms with van der Waals surface area (Å²) in [6.07, 6.45) is 0. The van der Waals surface area contributed by atoms with E-state index in [2.05, 4.69) is 10.6 Å². The zero-order chi connectivity index (χ0) is 8.81. The van der Waals surface area contributed by atoms with Gasteiger partial charge in [-0.15, -0.1) is 11.3 Å². The number of rotatable bonds is 4. The molecule has 0 aliphatic carbocycles. The Labute approximate surface area is 75.8 Å². The van der Waals surface area contributed by atoms with Crippen LogP contribution in [0.25, 0.3) is 0 Å². The molecular weight excluding hydrogens is 172 g/mol. The predicted molar refractivity (Wildman–Crippen MR) is 50.1 cm³/mol. The van der Waals surface area contributed by atoms with Gasteiger partial charge in [-0.05, 0) is 11.4 Å². The Morgan fingerprint density at radius 3 is 3.08 bits per heavy atom. The topological polar surface area (TPSA) is 41.1 Å². The van der Waals surface area contributed by atoms with Gasteiger partial charge in [0.15, 0.2) is 0 Å². The lowest BCUT2D eigenvalue weighted by Gasteiger charge is -2.00. The molecule has 0 unspecified atom stereocenters. The molecule has 0 atom stereocenters. The van der Waals surface area contributed by atoms with Crippen molar-refractivity contribution in [2.24, 2.45) is 0 Å². The molecule has 0 bridgehead atoms. The lowest BCUT2D eigenvalue weighted by atomic mass is 10.4. The van der Waals surface area contributed by atoms with Crippen LogP contribution in [0.3, 0.4) is 0 Å². The lowest BCUT2D eigenvalue weighted by molar-refractivity contribution is -0.119. The zero-order valence-electron chi connectivity index (χ0n) is 6.96. The predicted octanol–water partition coefficient (Wildman–Crippen LogP) is 0.584. The number of thiophene rings is 1. The van der Waals surface area contributed by atoms with Gasteiger partial charge >= 0.3 is 0 Å². The Kier molecular flexibility index (Phi) is 3.76. The van der Waals surface area contributed by atoms with Crippen LogP contribution in [0.4, 0.5) is 0 Å². The molecule has 1 aromatic rings. The lowest BCUT2D eigenvalue weighted by Crippen LogP contribution is -2.30. The van der Waals surface area contributed by atoms with Gasteiger partial charge in [0.25, 0.3) is 0 Å².